The van der Waals surface area contributed by atoms with Gasteiger partial charge in [0.05, 0.1) is 16.5 Å². The number of carbonyl (C=O) groups is 1. The molecular formula is C13H10ClFN2OS. The first-order chi connectivity index (χ1) is 9.16. The molecule has 0 aliphatic rings. The highest BCUT2D eigenvalue weighted by molar-refractivity contribution is 8.00. The molecule has 3 nitrogen and oxygen atoms in total. The van der Waals surface area contributed by atoms with Gasteiger partial charge >= 0.3 is 0 Å². The van der Waals surface area contributed by atoms with Crippen LogP contribution < -0.4 is 5.32 Å². The summed E-state index contributed by atoms with van der Waals surface area (Å²) in [5.41, 5.74) is 0.167. The molecule has 1 amide bonds. The van der Waals surface area contributed by atoms with E-state index in [4.69, 9.17) is 11.6 Å². The number of benzene rings is 1. The van der Waals surface area contributed by atoms with Gasteiger partial charge in [-0.3, -0.25) is 4.79 Å². The average Bonchev–Trinajstić information content (AvgIpc) is 2.40. The van der Waals surface area contributed by atoms with Crippen molar-refractivity contribution < 1.29 is 9.18 Å². The second kappa shape index (κ2) is 6.54. The minimum Gasteiger partial charge on any atom is -0.323 e. The molecule has 0 unspecified atom stereocenters. The molecule has 1 aromatic heterocycles. The largest absolute Gasteiger partial charge is 0.323 e. The lowest BCUT2D eigenvalue weighted by Crippen LogP contribution is -2.15. The van der Waals surface area contributed by atoms with Crippen LogP contribution in [0.15, 0.2) is 47.6 Å². The van der Waals surface area contributed by atoms with Crippen molar-refractivity contribution in [3.05, 3.63) is 53.4 Å². The van der Waals surface area contributed by atoms with Gasteiger partial charge in [-0.2, -0.15) is 0 Å². The summed E-state index contributed by atoms with van der Waals surface area (Å²) >= 11 is 7.12. The van der Waals surface area contributed by atoms with Crippen molar-refractivity contribution in [1.29, 1.82) is 0 Å². The highest BCUT2D eigenvalue weighted by Crippen LogP contribution is 2.24. The fourth-order valence-corrected chi connectivity index (χ4v) is 2.33. The molecule has 0 fully saturated rings. The van der Waals surface area contributed by atoms with Gasteiger partial charge < -0.3 is 5.32 Å². The zero-order chi connectivity index (χ0) is 13.7. The molecule has 1 heterocycles. The van der Waals surface area contributed by atoms with E-state index in [1.165, 1.54) is 23.9 Å². The van der Waals surface area contributed by atoms with Crippen molar-refractivity contribution in [2.45, 2.75) is 5.03 Å². The highest BCUT2D eigenvalue weighted by atomic mass is 35.5. The van der Waals surface area contributed by atoms with Crippen LogP contribution in [-0.2, 0) is 4.79 Å². The molecular weight excluding hydrogens is 287 g/mol. The Balaban J connectivity index is 1.92. The van der Waals surface area contributed by atoms with Crippen LogP contribution in [0.25, 0.3) is 0 Å². The molecule has 0 atom stereocenters. The summed E-state index contributed by atoms with van der Waals surface area (Å²) in [6, 6.07) is 9.43. The van der Waals surface area contributed by atoms with Crippen LogP contribution in [-0.4, -0.2) is 16.6 Å². The molecule has 0 aliphatic carbocycles. The monoisotopic (exact) mass is 296 g/mol. The molecule has 0 spiro atoms. The van der Waals surface area contributed by atoms with Crippen LogP contribution in [0.5, 0.6) is 0 Å². The number of amides is 1. The van der Waals surface area contributed by atoms with Crippen LogP contribution in [0.4, 0.5) is 10.1 Å². The number of nitrogens with zero attached hydrogens (tertiary/aromatic N) is 1. The highest BCUT2D eigenvalue weighted by Gasteiger charge is 2.08. The van der Waals surface area contributed by atoms with Gasteiger partial charge in [-0.05, 0) is 24.3 Å². The molecule has 0 aliphatic heterocycles. The smallest absolute Gasteiger partial charge is 0.234 e. The first kappa shape index (κ1) is 13.8. The second-order valence-corrected chi connectivity index (χ2v) is 4.98. The number of nitrogens with one attached hydrogen (secondary N) is 1. The minimum atomic E-state index is -0.461. The molecule has 98 valence electrons. The van der Waals surface area contributed by atoms with E-state index in [2.05, 4.69) is 10.3 Å². The van der Waals surface area contributed by atoms with Crippen LogP contribution in [0.2, 0.25) is 5.02 Å². The first-order valence-electron chi connectivity index (χ1n) is 5.44. The zero-order valence-corrected chi connectivity index (χ0v) is 11.3. The summed E-state index contributed by atoms with van der Waals surface area (Å²) in [7, 11) is 0. The minimum absolute atomic E-state index is 0.116. The number of hydrogen-bond donors (Lipinski definition) is 1. The van der Waals surface area contributed by atoms with Crippen molar-refractivity contribution in [2.24, 2.45) is 0 Å². The van der Waals surface area contributed by atoms with Gasteiger partial charge in [-0.1, -0.05) is 35.5 Å². The van der Waals surface area contributed by atoms with E-state index in [-0.39, 0.29) is 17.3 Å². The van der Waals surface area contributed by atoms with Crippen LogP contribution in [0.3, 0.4) is 0 Å². The SMILES string of the molecule is O=C(CSc1ncccc1Cl)Nc1ccccc1F. The van der Waals surface area contributed by atoms with E-state index in [1.54, 1.807) is 30.5 Å². The van der Waals surface area contributed by atoms with Crippen molar-refractivity contribution in [1.82, 2.24) is 4.98 Å². The number of para-hydroxylation sites is 1. The van der Waals surface area contributed by atoms with Crippen LogP contribution >= 0.6 is 23.4 Å². The molecule has 1 N–H and O–H groups in total. The van der Waals surface area contributed by atoms with E-state index in [0.717, 1.165) is 0 Å². The average molecular weight is 297 g/mol. The zero-order valence-electron chi connectivity index (χ0n) is 9.77. The number of rotatable bonds is 4. The third kappa shape index (κ3) is 3.94. The van der Waals surface area contributed by atoms with Gasteiger partial charge in [0.2, 0.25) is 5.91 Å². The lowest BCUT2D eigenvalue weighted by molar-refractivity contribution is -0.113. The van der Waals surface area contributed by atoms with Gasteiger partial charge in [-0.25, -0.2) is 9.37 Å². The van der Waals surface area contributed by atoms with Crippen LogP contribution in [0.1, 0.15) is 0 Å². The van der Waals surface area contributed by atoms with Gasteiger partial charge in [-0.15, -0.1) is 0 Å². The third-order valence-electron chi connectivity index (χ3n) is 2.21. The number of pyridine rings is 1. The number of halogens is 2. The Morgan fingerprint density at radius 3 is 2.84 bits per heavy atom. The quantitative estimate of drug-likeness (QED) is 0.877. The summed E-state index contributed by atoms with van der Waals surface area (Å²) < 4.78 is 13.3. The Kier molecular flexibility index (Phi) is 4.76. The van der Waals surface area contributed by atoms with Crippen molar-refractivity contribution in [2.75, 3.05) is 11.1 Å². The van der Waals surface area contributed by atoms with Gasteiger partial charge in [0.15, 0.2) is 0 Å². The fraction of sp³-hybridized carbons (Fsp3) is 0.0769. The number of hydrogen-bond acceptors (Lipinski definition) is 3. The van der Waals surface area contributed by atoms with Crippen LogP contribution in [0, 0.1) is 5.82 Å². The Labute approximate surface area is 119 Å². The number of thioether (sulfide) groups is 1. The summed E-state index contributed by atoms with van der Waals surface area (Å²) in [5, 5.41) is 3.56. The number of aromatic nitrogens is 1. The first-order valence-corrected chi connectivity index (χ1v) is 6.81. The van der Waals surface area contributed by atoms with E-state index >= 15 is 0 Å². The Hall–Kier alpha value is -1.59. The van der Waals surface area contributed by atoms with Gasteiger partial charge in [0, 0.05) is 6.20 Å². The fourth-order valence-electron chi connectivity index (χ4n) is 1.36. The predicted molar refractivity (Wildman–Crippen MR) is 75.0 cm³/mol. The molecule has 0 bridgehead atoms. The molecule has 0 saturated carbocycles. The van der Waals surface area contributed by atoms with Gasteiger partial charge in [0.25, 0.3) is 0 Å². The van der Waals surface area contributed by atoms with E-state index < -0.39 is 5.82 Å². The normalized spacial score (nSPS) is 10.2. The van der Waals surface area contributed by atoms with E-state index in [0.29, 0.717) is 10.0 Å². The Morgan fingerprint density at radius 2 is 2.11 bits per heavy atom. The maximum Gasteiger partial charge on any atom is 0.234 e. The standard InChI is InChI=1S/C13H10ClFN2OS/c14-9-4-3-7-16-13(9)19-8-12(18)17-11-6-2-1-5-10(11)15/h1-7H,8H2,(H,17,18). The topological polar surface area (TPSA) is 42.0 Å². The molecule has 1 aromatic carbocycles. The predicted octanol–water partition coefficient (Wildman–Crippen LogP) is 3.60. The summed E-state index contributed by atoms with van der Waals surface area (Å²) in [6.45, 7) is 0. The number of anilines is 1. The van der Waals surface area contributed by atoms with Crippen molar-refractivity contribution in [3.8, 4) is 0 Å². The van der Waals surface area contributed by atoms with Gasteiger partial charge in [0.1, 0.15) is 10.8 Å². The molecule has 0 radical (unpaired) electrons. The van der Waals surface area contributed by atoms with E-state index in [1.807, 2.05) is 0 Å². The maximum absolute atomic E-state index is 13.3. The van der Waals surface area contributed by atoms with Crippen molar-refractivity contribution >= 4 is 35.0 Å². The van der Waals surface area contributed by atoms with Crippen molar-refractivity contribution in [3.63, 3.8) is 0 Å². The molecule has 2 rings (SSSR count). The Bertz CT molecular complexity index is 594. The summed E-state index contributed by atoms with van der Waals surface area (Å²) in [6.07, 6.45) is 1.60. The Morgan fingerprint density at radius 1 is 1.32 bits per heavy atom. The van der Waals surface area contributed by atoms with E-state index in [9.17, 15) is 9.18 Å². The third-order valence-corrected chi connectivity index (χ3v) is 3.63. The maximum atomic E-state index is 13.3. The summed E-state index contributed by atoms with van der Waals surface area (Å²) in [5.74, 6) is -0.654. The second-order valence-electron chi connectivity index (χ2n) is 3.61. The number of carbonyl (C=O) groups excluding carboxylic acids is 1. The molecule has 2 aromatic rings. The lowest BCUT2D eigenvalue weighted by Gasteiger charge is -2.06. The molecule has 0 saturated heterocycles. The molecule has 19 heavy (non-hydrogen) atoms. The molecule has 6 heteroatoms. The lowest BCUT2D eigenvalue weighted by atomic mass is 10.3. The summed E-state index contributed by atoms with van der Waals surface area (Å²) in [4.78, 5) is 15.7.